The monoisotopic (exact) mass is 466 g/mol. The summed E-state index contributed by atoms with van der Waals surface area (Å²) in [5, 5.41) is 0. The Bertz CT molecular complexity index is 1300. The van der Waals surface area contributed by atoms with E-state index in [2.05, 4.69) is 54.5 Å². The second-order valence-electron chi connectivity index (χ2n) is 8.16. The lowest BCUT2D eigenvalue weighted by Crippen LogP contribution is -2.04. The third kappa shape index (κ3) is 5.82. The Hall–Kier alpha value is -4.25. The SMILES string of the molecule is C=CCOc1ccc(C=Cc2cc(OC)cc(OC)c2-c2nccn2Cc2ccc(C)cc2)cc1. The molecule has 0 unspecified atom stereocenters. The van der Waals surface area contributed by atoms with Gasteiger partial charge >= 0.3 is 0 Å². The molecule has 0 aliphatic carbocycles. The van der Waals surface area contributed by atoms with Crippen LogP contribution in [0.4, 0.5) is 0 Å². The van der Waals surface area contributed by atoms with Crippen molar-refractivity contribution >= 4 is 12.2 Å². The number of ether oxygens (including phenoxy) is 3. The molecule has 4 aromatic rings. The van der Waals surface area contributed by atoms with E-state index in [1.165, 1.54) is 11.1 Å². The molecule has 1 aromatic heterocycles. The number of rotatable bonds is 10. The van der Waals surface area contributed by atoms with Gasteiger partial charge in [0.15, 0.2) is 0 Å². The summed E-state index contributed by atoms with van der Waals surface area (Å²) in [6.07, 6.45) is 9.67. The van der Waals surface area contributed by atoms with Gasteiger partial charge in [-0.1, -0.05) is 66.8 Å². The van der Waals surface area contributed by atoms with Crippen molar-refractivity contribution in [3.8, 4) is 28.6 Å². The largest absolute Gasteiger partial charge is 0.497 e. The van der Waals surface area contributed by atoms with Crippen LogP contribution in [0, 0.1) is 6.92 Å². The van der Waals surface area contributed by atoms with Gasteiger partial charge in [0, 0.05) is 25.0 Å². The van der Waals surface area contributed by atoms with Crippen LogP contribution >= 0.6 is 0 Å². The molecule has 5 heteroatoms. The van der Waals surface area contributed by atoms with Gasteiger partial charge in [-0.15, -0.1) is 0 Å². The Balaban J connectivity index is 1.71. The first kappa shape index (κ1) is 23.9. The molecular weight excluding hydrogens is 436 g/mol. The van der Waals surface area contributed by atoms with E-state index < -0.39 is 0 Å². The van der Waals surface area contributed by atoms with Crippen LogP contribution in [0.5, 0.6) is 17.2 Å². The first-order valence-electron chi connectivity index (χ1n) is 11.5. The van der Waals surface area contributed by atoms with E-state index >= 15 is 0 Å². The first-order chi connectivity index (χ1) is 17.1. The maximum absolute atomic E-state index is 5.79. The zero-order valence-corrected chi connectivity index (χ0v) is 20.4. The molecule has 1 heterocycles. The van der Waals surface area contributed by atoms with Crippen LogP contribution in [0.1, 0.15) is 22.3 Å². The van der Waals surface area contributed by atoms with Crippen LogP contribution in [-0.2, 0) is 6.54 Å². The Morgan fingerprint density at radius 3 is 2.37 bits per heavy atom. The number of imidazole rings is 1. The van der Waals surface area contributed by atoms with Crippen molar-refractivity contribution < 1.29 is 14.2 Å². The van der Waals surface area contributed by atoms with Crippen molar-refractivity contribution in [2.45, 2.75) is 13.5 Å². The van der Waals surface area contributed by atoms with E-state index in [0.717, 1.165) is 34.0 Å². The van der Waals surface area contributed by atoms with Crippen molar-refractivity contribution in [3.05, 3.63) is 108 Å². The minimum atomic E-state index is 0.484. The summed E-state index contributed by atoms with van der Waals surface area (Å²) in [6, 6.07) is 20.4. The number of methoxy groups -OCH3 is 2. The van der Waals surface area contributed by atoms with Gasteiger partial charge in [0.2, 0.25) is 0 Å². The van der Waals surface area contributed by atoms with Crippen LogP contribution in [0.25, 0.3) is 23.5 Å². The number of aryl methyl sites for hydroxylation is 1. The molecule has 0 atom stereocenters. The average Bonchev–Trinajstić information content (AvgIpc) is 3.35. The fraction of sp³-hybridized carbons (Fsp3) is 0.167. The molecule has 0 spiro atoms. The molecule has 0 N–H and O–H groups in total. The maximum atomic E-state index is 5.79. The van der Waals surface area contributed by atoms with Crippen LogP contribution < -0.4 is 14.2 Å². The summed E-state index contributed by atoms with van der Waals surface area (Å²) in [4.78, 5) is 4.70. The van der Waals surface area contributed by atoms with Gasteiger partial charge in [0.25, 0.3) is 0 Å². The van der Waals surface area contributed by atoms with Crippen LogP contribution in [-0.4, -0.2) is 30.4 Å². The van der Waals surface area contributed by atoms with Crippen LogP contribution in [0.15, 0.2) is 85.7 Å². The molecule has 0 bridgehead atoms. The predicted octanol–water partition coefficient (Wildman–Crippen LogP) is 6.66. The number of nitrogens with zero attached hydrogens (tertiary/aromatic N) is 2. The van der Waals surface area contributed by atoms with Crippen molar-refractivity contribution in [2.24, 2.45) is 0 Å². The van der Waals surface area contributed by atoms with E-state index in [4.69, 9.17) is 19.2 Å². The van der Waals surface area contributed by atoms with Crippen molar-refractivity contribution in [3.63, 3.8) is 0 Å². The second kappa shape index (κ2) is 11.3. The lowest BCUT2D eigenvalue weighted by atomic mass is 10.0. The highest BCUT2D eigenvalue weighted by atomic mass is 16.5. The first-order valence-corrected chi connectivity index (χ1v) is 11.5. The van der Waals surface area contributed by atoms with Gasteiger partial charge in [0.1, 0.15) is 29.7 Å². The van der Waals surface area contributed by atoms with Gasteiger partial charge in [0.05, 0.1) is 19.8 Å². The Labute approximate surface area is 206 Å². The lowest BCUT2D eigenvalue weighted by Gasteiger charge is -2.16. The quantitative estimate of drug-likeness (QED) is 0.194. The van der Waals surface area contributed by atoms with Crippen molar-refractivity contribution in [1.82, 2.24) is 9.55 Å². The van der Waals surface area contributed by atoms with Gasteiger partial charge in [-0.3, -0.25) is 0 Å². The molecule has 0 amide bonds. The number of benzene rings is 3. The summed E-state index contributed by atoms with van der Waals surface area (Å²) < 4.78 is 19.1. The molecule has 0 radical (unpaired) electrons. The summed E-state index contributed by atoms with van der Waals surface area (Å²) in [5.74, 6) is 3.06. The minimum absolute atomic E-state index is 0.484. The topological polar surface area (TPSA) is 45.5 Å². The third-order valence-electron chi connectivity index (χ3n) is 5.68. The summed E-state index contributed by atoms with van der Waals surface area (Å²) in [7, 11) is 3.32. The van der Waals surface area contributed by atoms with E-state index in [0.29, 0.717) is 18.9 Å². The molecule has 0 aliphatic heterocycles. The summed E-state index contributed by atoms with van der Waals surface area (Å²) in [5.41, 5.74) is 5.35. The summed E-state index contributed by atoms with van der Waals surface area (Å²) in [6.45, 7) is 6.97. The standard InChI is InChI=1S/C30H30N2O3/c1-5-18-35-26-14-11-23(12-15-26)10-13-25-19-27(33-3)20-28(34-4)29(25)30-31-16-17-32(30)21-24-8-6-22(2)7-9-24/h5-17,19-20H,1,18,21H2,2-4H3. The molecule has 178 valence electrons. The highest BCUT2D eigenvalue weighted by Gasteiger charge is 2.18. The fourth-order valence-electron chi connectivity index (χ4n) is 3.83. The van der Waals surface area contributed by atoms with E-state index in [1.54, 1.807) is 20.3 Å². The molecule has 0 fully saturated rings. The van der Waals surface area contributed by atoms with Crippen molar-refractivity contribution in [1.29, 1.82) is 0 Å². The minimum Gasteiger partial charge on any atom is -0.497 e. The normalized spacial score (nSPS) is 10.9. The highest BCUT2D eigenvalue weighted by Crippen LogP contribution is 2.37. The fourth-order valence-corrected chi connectivity index (χ4v) is 3.83. The molecule has 3 aromatic carbocycles. The molecule has 0 saturated heterocycles. The van der Waals surface area contributed by atoms with Gasteiger partial charge < -0.3 is 18.8 Å². The van der Waals surface area contributed by atoms with Gasteiger partial charge in [-0.05, 0) is 41.8 Å². The predicted molar refractivity (Wildman–Crippen MR) is 142 cm³/mol. The zero-order valence-electron chi connectivity index (χ0n) is 20.4. The van der Waals surface area contributed by atoms with Crippen LogP contribution in [0.2, 0.25) is 0 Å². The van der Waals surface area contributed by atoms with E-state index in [1.807, 2.05) is 48.8 Å². The maximum Gasteiger partial charge on any atom is 0.144 e. The molecule has 5 nitrogen and oxygen atoms in total. The second-order valence-corrected chi connectivity index (χ2v) is 8.16. The molecule has 4 rings (SSSR count). The number of hydrogen-bond acceptors (Lipinski definition) is 4. The van der Waals surface area contributed by atoms with Gasteiger partial charge in [-0.2, -0.15) is 0 Å². The van der Waals surface area contributed by atoms with Crippen LogP contribution in [0.3, 0.4) is 0 Å². The number of aromatic nitrogens is 2. The Morgan fingerprint density at radius 2 is 1.69 bits per heavy atom. The Morgan fingerprint density at radius 1 is 0.914 bits per heavy atom. The molecule has 35 heavy (non-hydrogen) atoms. The van der Waals surface area contributed by atoms with E-state index in [-0.39, 0.29) is 0 Å². The Kier molecular flexibility index (Phi) is 7.68. The number of hydrogen-bond donors (Lipinski definition) is 0. The zero-order chi connectivity index (χ0) is 24.6. The molecule has 0 saturated carbocycles. The smallest absolute Gasteiger partial charge is 0.144 e. The van der Waals surface area contributed by atoms with E-state index in [9.17, 15) is 0 Å². The third-order valence-corrected chi connectivity index (χ3v) is 5.68. The average molecular weight is 467 g/mol. The lowest BCUT2D eigenvalue weighted by molar-refractivity contribution is 0.363. The molecule has 0 aliphatic rings. The van der Waals surface area contributed by atoms with Gasteiger partial charge in [-0.25, -0.2) is 4.98 Å². The van der Waals surface area contributed by atoms with Crippen molar-refractivity contribution in [2.75, 3.05) is 20.8 Å². The summed E-state index contributed by atoms with van der Waals surface area (Å²) >= 11 is 0. The highest BCUT2D eigenvalue weighted by molar-refractivity contribution is 5.83. The molecular formula is C30H30N2O3.